The summed E-state index contributed by atoms with van der Waals surface area (Å²) >= 11 is 8.51. The number of nitrogens with zero attached hydrogens (tertiary/aromatic N) is 1. The maximum Gasteiger partial charge on any atom is 0.117 e. The highest BCUT2D eigenvalue weighted by atomic mass is 79.9. The van der Waals surface area contributed by atoms with Crippen molar-refractivity contribution in [3.05, 3.63) is 0 Å². The van der Waals surface area contributed by atoms with Gasteiger partial charge < -0.3 is 0 Å². The van der Waals surface area contributed by atoms with Crippen LogP contribution < -0.4 is 0 Å². The first-order valence-electron chi connectivity index (χ1n) is 1.86. The predicted molar refractivity (Wildman–Crippen MR) is 33.6 cm³/mol. The first-order chi connectivity index (χ1) is 3.18. The van der Waals surface area contributed by atoms with Crippen LogP contribution in [0.4, 0.5) is 0 Å². The van der Waals surface area contributed by atoms with Crippen molar-refractivity contribution < 1.29 is 0 Å². The fourth-order valence-electron chi connectivity index (χ4n) is 0.103. The summed E-state index contributed by atoms with van der Waals surface area (Å²) in [5.41, 5.74) is 0. The molecule has 0 rings (SSSR count). The van der Waals surface area contributed by atoms with E-state index >= 15 is 0 Å². The highest BCUT2D eigenvalue weighted by Gasteiger charge is 2.06. The van der Waals surface area contributed by atoms with Crippen molar-refractivity contribution in [1.82, 2.24) is 0 Å². The minimum absolute atomic E-state index is 0.106. The van der Waals surface area contributed by atoms with Crippen LogP contribution in [0.2, 0.25) is 0 Å². The van der Waals surface area contributed by atoms with Gasteiger partial charge in [-0.05, 0) is 6.92 Å². The van der Waals surface area contributed by atoms with Crippen molar-refractivity contribution in [2.75, 3.05) is 0 Å². The Morgan fingerprint density at radius 1 is 1.86 bits per heavy atom. The largest absolute Gasteiger partial charge is 0.197 e. The summed E-state index contributed by atoms with van der Waals surface area (Å²) in [6, 6.07) is 1.95. The van der Waals surface area contributed by atoms with E-state index in [1.165, 1.54) is 0 Å². The molecule has 7 heavy (non-hydrogen) atoms. The zero-order valence-electron chi connectivity index (χ0n) is 3.86. The van der Waals surface area contributed by atoms with Crippen molar-refractivity contribution in [1.29, 1.82) is 5.26 Å². The Kier molecular flexibility index (Phi) is 3.41. The van der Waals surface area contributed by atoms with Crippen LogP contribution in [-0.2, 0) is 0 Å². The molecule has 0 heterocycles. The first kappa shape index (κ1) is 7.26. The Labute approximate surface area is 56.4 Å². The van der Waals surface area contributed by atoms with E-state index in [4.69, 9.17) is 16.9 Å². The second kappa shape index (κ2) is 3.29. The molecule has 2 atom stereocenters. The molecule has 0 saturated carbocycles. The van der Waals surface area contributed by atoms with Gasteiger partial charge in [0.1, 0.15) is 4.83 Å². The number of nitriles is 1. The van der Waals surface area contributed by atoms with Gasteiger partial charge in [-0.1, -0.05) is 15.9 Å². The lowest BCUT2D eigenvalue weighted by molar-refractivity contribution is 1.01. The molecular formula is C4H5BrClN. The van der Waals surface area contributed by atoms with Gasteiger partial charge in [0, 0.05) is 0 Å². The zero-order valence-corrected chi connectivity index (χ0v) is 6.20. The van der Waals surface area contributed by atoms with E-state index in [0.717, 1.165) is 0 Å². The van der Waals surface area contributed by atoms with E-state index in [9.17, 15) is 0 Å². The number of rotatable bonds is 1. The van der Waals surface area contributed by atoms with Gasteiger partial charge in [-0.2, -0.15) is 5.26 Å². The van der Waals surface area contributed by atoms with Crippen molar-refractivity contribution in [2.24, 2.45) is 0 Å². The Morgan fingerprint density at radius 2 is 2.29 bits per heavy atom. The number of alkyl halides is 2. The van der Waals surface area contributed by atoms with Crippen LogP contribution in [0.15, 0.2) is 0 Å². The Bertz CT molecular complexity index is 86.2. The van der Waals surface area contributed by atoms with Crippen molar-refractivity contribution in [2.45, 2.75) is 17.1 Å². The summed E-state index contributed by atoms with van der Waals surface area (Å²) in [5, 5.41) is 8.02. The van der Waals surface area contributed by atoms with Crippen LogP contribution in [0.3, 0.4) is 0 Å². The third-order valence-electron chi connectivity index (χ3n) is 0.527. The Hall–Kier alpha value is 0.260. The fourth-order valence-corrected chi connectivity index (χ4v) is 0.159. The van der Waals surface area contributed by atoms with Gasteiger partial charge in [0.2, 0.25) is 0 Å². The quantitative estimate of drug-likeness (QED) is 0.568. The van der Waals surface area contributed by atoms with Crippen LogP contribution in [0.25, 0.3) is 0 Å². The maximum absolute atomic E-state index is 8.12. The molecule has 0 aromatic carbocycles. The van der Waals surface area contributed by atoms with E-state index in [1.54, 1.807) is 6.92 Å². The van der Waals surface area contributed by atoms with Gasteiger partial charge in [-0.3, -0.25) is 0 Å². The molecule has 0 aliphatic carbocycles. The molecule has 40 valence electrons. The second-order valence-corrected chi connectivity index (χ2v) is 2.88. The monoisotopic (exact) mass is 181 g/mol. The summed E-state index contributed by atoms with van der Waals surface area (Å²) < 4.78 is 0. The molecule has 0 saturated heterocycles. The summed E-state index contributed by atoms with van der Waals surface area (Å²) in [5.74, 6) is 0. The second-order valence-electron chi connectivity index (χ2n) is 1.21. The normalized spacial score (nSPS) is 17.4. The van der Waals surface area contributed by atoms with E-state index in [-0.39, 0.29) is 10.2 Å². The molecular weight excluding hydrogens is 177 g/mol. The molecule has 0 amide bonds. The molecule has 0 aromatic heterocycles. The van der Waals surface area contributed by atoms with Crippen LogP contribution in [0.5, 0.6) is 0 Å². The van der Waals surface area contributed by atoms with E-state index in [2.05, 4.69) is 15.9 Å². The topological polar surface area (TPSA) is 23.8 Å². The average molecular weight is 182 g/mol. The molecule has 0 unspecified atom stereocenters. The molecule has 0 radical (unpaired) electrons. The van der Waals surface area contributed by atoms with Crippen LogP contribution >= 0.6 is 27.5 Å². The molecule has 0 aliphatic heterocycles. The average Bonchev–Trinajstić information content (AvgIpc) is 1.65. The predicted octanol–water partition coefficient (Wildman–Crippen LogP) is 1.90. The third-order valence-corrected chi connectivity index (χ3v) is 2.08. The summed E-state index contributed by atoms with van der Waals surface area (Å²) in [6.07, 6.45) is 0. The van der Waals surface area contributed by atoms with Crippen molar-refractivity contribution in [3.8, 4) is 6.07 Å². The molecule has 0 N–H and O–H groups in total. The first-order valence-corrected chi connectivity index (χ1v) is 3.21. The summed E-state index contributed by atoms with van der Waals surface area (Å²) in [4.78, 5) is -0.214. The lowest BCUT2D eigenvalue weighted by atomic mass is 10.4. The lowest BCUT2D eigenvalue weighted by Crippen LogP contribution is -2.05. The zero-order chi connectivity index (χ0) is 5.86. The lowest BCUT2D eigenvalue weighted by Gasteiger charge is -1.97. The van der Waals surface area contributed by atoms with Gasteiger partial charge in [0.15, 0.2) is 0 Å². The van der Waals surface area contributed by atoms with E-state index < -0.39 is 0 Å². The standard InChI is InChI=1S/C4H5BrClN/c1-3(6)4(5)2-7/h3-4H,1H3/t3-,4-/m1/s1. The van der Waals surface area contributed by atoms with Crippen molar-refractivity contribution in [3.63, 3.8) is 0 Å². The molecule has 3 heteroatoms. The highest BCUT2D eigenvalue weighted by Crippen LogP contribution is 2.08. The smallest absolute Gasteiger partial charge is 0.117 e. The van der Waals surface area contributed by atoms with Gasteiger partial charge in [-0.25, -0.2) is 0 Å². The molecule has 1 nitrogen and oxygen atoms in total. The minimum atomic E-state index is -0.214. The van der Waals surface area contributed by atoms with Gasteiger partial charge in [-0.15, -0.1) is 11.6 Å². The summed E-state index contributed by atoms with van der Waals surface area (Å²) in [6.45, 7) is 1.77. The number of hydrogen-bond donors (Lipinski definition) is 0. The highest BCUT2D eigenvalue weighted by molar-refractivity contribution is 9.09. The van der Waals surface area contributed by atoms with E-state index in [1.807, 2.05) is 6.07 Å². The minimum Gasteiger partial charge on any atom is -0.197 e. The molecule has 0 bridgehead atoms. The van der Waals surface area contributed by atoms with Crippen LogP contribution in [0, 0.1) is 11.3 Å². The van der Waals surface area contributed by atoms with Gasteiger partial charge in [0.25, 0.3) is 0 Å². The Balaban J connectivity index is 3.40. The van der Waals surface area contributed by atoms with Crippen molar-refractivity contribution >= 4 is 27.5 Å². The number of hydrogen-bond acceptors (Lipinski definition) is 1. The maximum atomic E-state index is 8.12. The summed E-state index contributed by atoms with van der Waals surface area (Å²) in [7, 11) is 0. The number of halogens is 2. The van der Waals surface area contributed by atoms with Crippen LogP contribution in [0.1, 0.15) is 6.92 Å². The molecule has 0 aliphatic rings. The van der Waals surface area contributed by atoms with Gasteiger partial charge in [0.05, 0.1) is 11.4 Å². The fraction of sp³-hybridized carbons (Fsp3) is 0.750. The Morgan fingerprint density at radius 3 is 2.29 bits per heavy atom. The van der Waals surface area contributed by atoms with Crippen LogP contribution in [-0.4, -0.2) is 10.2 Å². The molecule has 0 spiro atoms. The van der Waals surface area contributed by atoms with Gasteiger partial charge >= 0.3 is 0 Å². The molecule has 0 aromatic rings. The third kappa shape index (κ3) is 2.90. The SMILES string of the molecule is C[C@@H](Cl)[C@H](Br)C#N. The van der Waals surface area contributed by atoms with E-state index in [0.29, 0.717) is 0 Å². The molecule has 0 fully saturated rings.